The summed E-state index contributed by atoms with van der Waals surface area (Å²) in [6, 6.07) is 10.2. The van der Waals surface area contributed by atoms with Crippen LogP contribution in [-0.4, -0.2) is 16.5 Å². The average Bonchev–Trinajstić information content (AvgIpc) is 2.39. The third-order valence-electron chi connectivity index (χ3n) is 2.71. The zero-order valence-electron chi connectivity index (χ0n) is 10.8. The zero-order chi connectivity index (χ0) is 12.8. The minimum absolute atomic E-state index is 0.660. The Hall–Kier alpha value is -2.10. The van der Waals surface area contributed by atoms with Crippen molar-refractivity contribution in [2.24, 2.45) is 0 Å². The summed E-state index contributed by atoms with van der Waals surface area (Å²) in [6.07, 6.45) is 1.76. The van der Waals surface area contributed by atoms with Gasteiger partial charge in [0, 0.05) is 19.3 Å². The van der Waals surface area contributed by atoms with Crippen molar-refractivity contribution in [1.29, 1.82) is 0 Å². The summed E-state index contributed by atoms with van der Waals surface area (Å²) < 4.78 is 0. The number of hydrogen-bond acceptors (Lipinski definition) is 4. The molecule has 0 amide bonds. The summed E-state index contributed by atoms with van der Waals surface area (Å²) >= 11 is 0. The number of anilines is 2. The van der Waals surface area contributed by atoms with E-state index < -0.39 is 0 Å². The van der Waals surface area contributed by atoms with E-state index in [1.165, 1.54) is 11.1 Å². The largest absolute Gasteiger partial charge is 0.366 e. The van der Waals surface area contributed by atoms with E-state index in [2.05, 4.69) is 39.7 Å². The van der Waals surface area contributed by atoms with Gasteiger partial charge in [0.1, 0.15) is 5.82 Å². The first-order chi connectivity index (χ1) is 8.79. The van der Waals surface area contributed by atoms with Crippen LogP contribution in [0.4, 0.5) is 11.8 Å². The van der Waals surface area contributed by atoms with Gasteiger partial charge in [-0.25, -0.2) is 4.98 Å². The normalized spacial score (nSPS) is 10.1. The fraction of sp³-hybridized carbons (Fsp3) is 0.286. The van der Waals surface area contributed by atoms with Crippen LogP contribution in [0.1, 0.15) is 18.1 Å². The van der Waals surface area contributed by atoms with E-state index in [-0.39, 0.29) is 0 Å². The van der Waals surface area contributed by atoms with Gasteiger partial charge in [-0.15, -0.1) is 0 Å². The number of nitrogens with one attached hydrogen (secondary N) is 2. The summed E-state index contributed by atoms with van der Waals surface area (Å²) in [6.45, 7) is 5.73. The molecular weight excluding hydrogens is 224 g/mol. The third-order valence-corrected chi connectivity index (χ3v) is 2.71. The van der Waals surface area contributed by atoms with Gasteiger partial charge < -0.3 is 10.6 Å². The molecule has 0 aliphatic heterocycles. The number of benzene rings is 1. The molecule has 0 atom stereocenters. The lowest BCUT2D eigenvalue weighted by atomic mass is 10.1. The van der Waals surface area contributed by atoms with Crippen molar-refractivity contribution in [1.82, 2.24) is 9.97 Å². The van der Waals surface area contributed by atoms with Crippen molar-refractivity contribution in [3.05, 3.63) is 47.7 Å². The van der Waals surface area contributed by atoms with Gasteiger partial charge in [0.2, 0.25) is 5.95 Å². The molecule has 2 aromatic rings. The second-order valence-electron chi connectivity index (χ2n) is 4.08. The van der Waals surface area contributed by atoms with Crippen LogP contribution in [0.5, 0.6) is 0 Å². The molecule has 0 fully saturated rings. The summed E-state index contributed by atoms with van der Waals surface area (Å²) in [4.78, 5) is 8.51. The van der Waals surface area contributed by atoms with Crippen LogP contribution in [-0.2, 0) is 6.54 Å². The first-order valence-electron chi connectivity index (χ1n) is 6.15. The van der Waals surface area contributed by atoms with Gasteiger partial charge in [-0.2, -0.15) is 4.98 Å². The molecule has 94 valence electrons. The highest BCUT2D eigenvalue weighted by Gasteiger charge is 1.99. The molecule has 0 radical (unpaired) electrons. The molecule has 2 rings (SSSR count). The lowest BCUT2D eigenvalue weighted by Gasteiger charge is -2.09. The maximum atomic E-state index is 4.37. The average molecular weight is 242 g/mol. The third kappa shape index (κ3) is 3.20. The number of nitrogens with zero attached hydrogens (tertiary/aromatic N) is 2. The first kappa shape index (κ1) is 12.4. The Labute approximate surface area is 107 Å². The van der Waals surface area contributed by atoms with Gasteiger partial charge >= 0.3 is 0 Å². The predicted molar refractivity (Wildman–Crippen MR) is 74.7 cm³/mol. The monoisotopic (exact) mass is 242 g/mol. The van der Waals surface area contributed by atoms with Gasteiger partial charge in [-0.1, -0.05) is 24.3 Å². The van der Waals surface area contributed by atoms with Crippen LogP contribution in [0.2, 0.25) is 0 Å². The van der Waals surface area contributed by atoms with Crippen LogP contribution in [0, 0.1) is 6.92 Å². The van der Waals surface area contributed by atoms with Crippen molar-refractivity contribution in [2.75, 3.05) is 17.2 Å². The minimum atomic E-state index is 0.660. The van der Waals surface area contributed by atoms with E-state index in [0.29, 0.717) is 5.95 Å². The molecule has 1 aromatic heterocycles. The van der Waals surface area contributed by atoms with Crippen molar-refractivity contribution in [3.8, 4) is 0 Å². The van der Waals surface area contributed by atoms with Crippen molar-refractivity contribution in [2.45, 2.75) is 20.4 Å². The Morgan fingerprint density at radius 3 is 2.72 bits per heavy atom. The van der Waals surface area contributed by atoms with E-state index in [4.69, 9.17) is 0 Å². The molecule has 0 unspecified atom stereocenters. The summed E-state index contributed by atoms with van der Waals surface area (Å²) in [5.74, 6) is 1.50. The van der Waals surface area contributed by atoms with Crippen molar-refractivity contribution in [3.63, 3.8) is 0 Å². The Morgan fingerprint density at radius 2 is 1.94 bits per heavy atom. The standard InChI is InChI=1S/C14H18N4/c1-3-15-14-16-9-8-13(18-14)17-10-12-7-5-4-6-11(12)2/h4-9H,3,10H2,1-2H3,(H2,15,16,17,18). The van der Waals surface area contributed by atoms with E-state index in [1.54, 1.807) is 6.20 Å². The van der Waals surface area contributed by atoms with Crippen LogP contribution < -0.4 is 10.6 Å². The minimum Gasteiger partial charge on any atom is -0.366 e. The fourth-order valence-electron chi connectivity index (χ4n) is 1.69. The highest BCUT2D eigenvalue weighted by Crippen LogP contribution is 2.11. The van der Waals surface area contributed by atoms with E-state index in [1.807, 2.05) is 25.1 Å². The number of aryl methyl sites for hydroxylation is 1. The molecule has 0 aliphatic rings. The SMILES string of the molecule is CCNc1nccc(NCc2ccccc2C)n1. The molecule has 0 saturated carbocycles. The lowest BCUT2D eigenvalue weighted by Crippen LogP contribution is -2.06. The van der Waals surface area contributed by atoms with Gasteiger partial charge in [0.05, 0.1) is 0 Å². The smallest absolute Gasteiger partial charge is 0.224 e. The van der Waals surface area contributed by atoms with Crippen LogP contribution in [0.15, 0.2) is 36.5 Å². The summed E-state index contributed by atoms with van der Waals surface area (Å²) in [5, 5.41) is 6.40. The summed E-state index contributed by atoms with van der Waals surface area (Å²) in [7, 11) is 0. The molecule has 1 heterocycles. The maximum Gasteiger partial charge on any atom is 0.224 e. The molecule has 0 saturated heterocycles. The highest BCUT2D eigenvalue weighted by atomic mass is 15.1. The number of rotatable bonds is 5. The predicted octanol–water partition coefficient (Wildman–Crippen LogP) is 2.83. The fourth-order valence-corrected chi connectivity index (χ4v) is 1.69. The van der Waals surface area contributed by atoms with Crippen LogP contribution >= 0.6 is 0 Å². The molecule has 0 bridgehead atoms. The Morgan fingerprint density at radius 1 is 1.11 bits per heavy atom. The van der Waals surface area contributed by atoms with Gasteiger partial charge in [0.25, 0.3) is 0 Å². The van der Waals surface area contributed by atoms with E-state index in [9.17, 15) is 0 Å². The molecule has 4 heteroatoms. The molecular formula is C14H18N4. The topological polar surface area (TPSA) is 49.8 Å². The zero-order valence-corrected chi connectivity index (χ0v) is 10.8. The van der Waals surface area contributed by atoms with Crippen molar-refractivity contribution < 1.29 is 0 Å². The van der Waals surface area contributed by atoms with E-state index >= 15 is 0 Å². The molecule has 18 heavy (non-hydrogen) atoms. The number of hydrogen-bond donors (Lipinski definition) is 2. The molecule has 1 aromatic carbocycles. The van der Waals surface area contributed by atoms with Crippen molar-refractivity contribution >= 4 is 11.8 Å². The van der Waals surface area contributed by atoms with Gasteiger partial charge in [0.15, 0.2) is 0 Å². The van der Waals surface area contributed by atoms with Crippen LogP contribution in [0.25, 0.3) is 0 Å². The Balaban J connectivity index is 2.02. The Kier molecular flexibility index (Phi) is 4.12. The number of aromatic nitrogens is 2. The quantitative estimate of drug-likeness (QED) is 0.846. The van der Waals surface area contributed by atoms with Crippen LogP contribution in [0.3, 0.4) is 0 Å². The molecule has 0 aliphatic carbocycles. The summed E-state index contributed by atoms with van der Waals surface area (Å²) in [5.41, 5.74) is 2.56. The highest BCUT2D eigenvalue weighted by molar-refractivity contribution is 5.41. The molecule has 0 spiro atoms. The second kappa shape index (κ2) is 6.00. The van der Waals surface area contributed by atoms with Gasteiger partial charge in [-0.3, -0.25) is 0 Å². The molecule has 4 nitrogen and oxygen atoms in total. The maximum absolute atomic E-state index is 4.37. The lowest BCUT2D eigenvalue weighted by molar-refractivity contribution is 1.05. The second-order valence-corrected chi connectivity index (χ2v) is 4.08. The molecule has 2 N–H and O–H groups in total. The first-order valence-corrected chi connectivity index (χ1v) is 6.15. The van der Waals surface area contributed by atoms with E-state index in [0.717, 1.165) is 18.9 Å². The Bertz CT molecular complexity index is 511. The van der Waals surface area contributed by atoms with Gasteiger partial charge in [-0.05, 0) is 31.0 Å².